The number of amides is 1. The lowest BCUT2D eigenvalue weighted by Gasteiger charge is -2.37. The molecule has 5 heteroatoms. The second-order valence-electron chi connectivity index (χ2n) is 7.41. The molecule has 1 amide bonds. The third kappa shape index (κ3) is 3.60. The second kappa shape index (κ2) is 7.98. The van der Waals surface area contributed by atoms with Crippen molar-refractivity contribution >= 4 is 18.3 Å². The Balaban J connectivity index is 0.00000176. The van der Waals surface area contributed by atoms with Crippen LogP contribution in [-0.2, 0) is 4.79 Å². The largest absolute Gasteiger partial charge is 0.391 e. The van der Waals surface area contributed by atoms with Gasteiger partial charge in [0.2, 0.25) is 5.91 Å². The number of carbonyl (C=O) groups is 1. The summed E-state index contributed by atoms with van der Waals surface area (Å²) in [5.74, 6) is 1.07. The molecule has 2 saturated carbocycles. The van der Waals surface area contributed by atoms with Crippen LogP contribution in [0, 0.1) is 17.3 Å². The zero-order chi connectivity index (χ0) is 14.7. The number of halogens is 1. The Morgan fingerprint density at radius 3 is 2.68 bits per heavy atom. The molecule has 0 aromatic heterocycles. The minimum atomic E-state index is -0.359. The molecule has 3 rings (SSSR count). The summed E-state index contributed by atoms with van der Waals surface area (Å²) >= 11 is 0. The van der Waals surface area contributed by atoms with Crippen molar-refractivity contribution in [3.8, 4) is 0 Å². The van der Waals surface area contributed by atoms with Crippen LogP contribution in [0.5, 0.6) is 0 Å². The van der Waals surface area contributed by atoms with E-state index >= 15 is 0 Å². The molecule has 0 bridgehead atoms. The maximum Gasteiger partial charge on any atom is 0.227 e. The van der Waals surface area contributed by atoms with Crippen molar-refractivity contribution in [3.63, 3.8) is 0 Å². The van der Waals surface area contributed by atoms with Crippen molar-refractivity contribution in [1.82, 2.24) is 10.6 Å². The summed E-state index contributed by atoms with van der Waals surface area (Å²) in [6.07, 6.45) is 10.2. The van der Waals surface area contributed by atoms with Crippen molar-refractivity contribution in [3.05, 3.63) is 0 Å². The van der Waals surface area contributed by atoms with E-state index in [1.54, 1.807) is 0 Å². The molecule has 3 N–H and O–H groups in total. The summed E-state index contributed by atoms with van der Waals surface area (Å²) in [7, 11) is 0. The first kappa shape index (κ1) is 18.0. The van der Waals surface area contributed by atoms with Gasteiger partial charge in [-0.15, -0.1) is 12.4 Å². The van der Waals surface area contributed by atoms with Gasteiger partial charge in [0.05, 0.1) is 11.5 Å². The molecule has 1 saturated heterocycles. The van der Waals surface area contributed by atoms with Crippen LogP contribution in [0.1, 0.15) is 57.8 Å². The van der Waals surface area contributed by atoms with E-state index in [2.05, 4.69) is 10.6 Å². The van der Waals surface area contributed by atoms with Crippen LogP contribution in [0.3, 0.4) is 0 Å². The Labute approximate surface area is 140 Å². The van der Waals surface area contributed by atoms with Gasteiger partial charge in [0, 0.05) is 13.1 Å². The third-order valence-corrected chi connectivity index (χ3v) is 6.16. The Morgan fingerprint density at radius 1 is 1.18 bits per heavy atom. The maximum atomic E-state index is 12.7. The van der Waals surface area contributed by atoms with E-state index in [1.165, 1.54) is 32.1 Å². The predicted molar refractivity (Wildman–Crippen MR) is 90.1 cm³/mol. The Morgan fingerprint density at radius 2 is 1.91 bits per heavy atom. The van der Waals surface area contributed by atoms with Crippen LogP contribution in [-0.4, -0.2) is 36.8 Å². The summed E-state index contributed by atoms with van der Waals surface area (Å²) in [5.41, 5.74) is -0.190. The Kier molecular flexibility index (Phi) is 6.54. The van der Waals surface area contributed by atoms with E-state index in [4.69, 9.17) is 0 Å². The lowest BCUT2D eigenvalue weighted by molar-refractivity contribution is -0.134. The van der Waals surface area contributed by atoms with Crippen molar-refractivity contribution < 1.29 is 9.90 Å². The van der Waals surface area contributed by atoms with Crippen molar-refractivity contribution in [2.45, 2.75) is 63.9 Å². The van der Waals surface area contributed by atoms with E-state index in [0.29, 0.717) is 18.4 Å². The van der Waals surface area contributed by atoms with Gasteiger partial charge in [-0.3, -0.25) is 4.79 Å². The summed E-state index contributed by atoms with van der Waals surface area (Å²) in [4.78, 5) is 12.7. The molecule has 0 radical (unpaired) electrons. The smallest absolute Gasteiger partial charge is 0.227 e. The van der Waals surface area contributed by atoms with Crippen molar-refractivity contribution in [2.75, 3.05) is 19.6 Å². The highest BCUT2D eigenvalue weighted by Gasteiger charge is 2.49. The summed E-state index contributed by atoms with van der Waals surface area (Å²) in [6.45, 7) is 2.25. The maximum absolute atomic E-state index is 12.7. The molecular weight excluding hydrogens is 300 g/mol. The second-order valence-corrected chi connectivity index (χ2v) is 7.41. The van der Waals surface area contributed by atoms with Crippen molar-refractivity contribution in [2.24, 2.45) is 17.3 Å². The van der Waals surface area contributed by atoms with E-state index in [9.17, 15) is 9.90 Å². The van der Waals surface area contributed by atoms with E-state index in [0.717, 1.165) is 38.8 Å². The molecule has 22 heavy (non-hydrogen) atoms. The Hall–Kier alpha value is -0.320. The fraction of sp³-hybridized carbons (Fsp3) is 0.941. The predicted octanol–water partition coefficient (Wildman–Crippen LogP) is 2.25. The summed E-state index contributed by atoms with van der Waals surface area (Å²) < 4.78 is 0. The van der Waals surface area contributed by atoms with Gasteiger partial charge in [-0.2, -0.15) is 0 Å². The monoisotopic (exact) mass is 330 g/mol. The number of hydrogen-bond donors (Lipinski definition) is 3. The molecule has 2 aliphatic carbocycles. The van der Waals surface area contributed by atoms with Crippen LogP contribution in [0.15, 0.2) is 0 Å². The molecule has 3 atom stereocenters. The third-order valence-electron chi connectivity index (χ3n) is 6.16. The molecule has 128 valence electrons. The standard InChI is InChI=1S/C17H30N2O2.ClH/c20-15(13-6-2-1-3-7-13)11-19-16(21)17-9-5-4-8-14(17)10-18-12-17;/h13-15,18,20H,1-12H2,(H,19,21);1H/t14-,15?,17+;/m0./s1. The van der Waals surface area contributed by atoms with Gasteiger partial charge in [0.15, 0.2) is 0 Å². The highest BCUT2D eigenvalue weighted by Crippen LogP contribution is 2.43. The zero-order valence-electron chi connectivity index (χ0n) is 13.5. The highest BCUT2D eigenvalue weighted by atomic mass is 35.5. The summed E-state index contributed by atoms with van der Waals surface area (Å²) in [5, 5.41) is 16.8. The molecule has 3 aliphatic rings. The lowest BCUT2D eigenvalue weighted by Crippen LogP contribution is -2.50. The fourth-order valence-electron chi connectivity index (χ4n) is 4.75. The number of rotatable bonds is 4. The highest BCUT2D eigenvalue weighted by molar-refractivity contribution is 5.85. The van der Waals surface area contributed by atoms with Gasteiger partial charge in [-0.1, -0.05) is 32.1 Å². The molecule has 3 fully saturated rings. The lowest BCUT2D eigenvalue weighted by atomic mass is 9.67. The number of hydrogen-bond acceptors (Lipinski definition) is 3. The van der Waals surface area contributed by atoms with E-state index < -0.39 is 0 Å². The Bertz CT molecular complexity index is 374. The number of aliphatic hydroxyl groups excluding tert-OH is 1. The average Bonchev–Trinajstić information content (AvgIpc) is 2.98. The van der Waals surface area contributed by atoms with Gasteiger partial charge < -0.3 is 15.7 Å². The number of carbonyl (C=O) groups excluding carboxylic acids is 1. The molecule has 1 unspecified atom stereocenters. The number of aliphatic hydroxyl groups is 1. The summed E-state index contributed by atoms with van der Waals surface area (Å²) in [6, 6.07) is 0. The van der Waals surface area contributed by atoms with Crippen molar-refractivity contribution in [1.29, 1.82) is 0 Å². The molecule has 0 aromatic rings. The minimum absolute atomic E-state index is 0. The SMILES string of the molecule is Cl.O=C(NCC(O)C1CCCCC1)[C@@]12CCCC[C@H]1CNC2. The molecule has 4 nitrogen and oxygen atoms in total. The quantitative estimate of drug-likeness (QED) is 0.741. The molecule has 1 heterocycles. The van der Waals surface area contributed by atoms with Gasteiger partial charge in [0.25, 0.3) is 0 Å². The van der Waals surface area contributed by atoms with Gasteiger partial charge >= 0.3 is 0 Å². The topological polar surface area (TPSA) is 61.4 Å². The average molecular weight is 331 g/mol. The number of nitrogens with one attached hydrogen (secondary N) is 2. The zero-order valence-corrected chi connectivity index (χ0v) is 14.3. The van der Waals surface area contributed by atoms with Crippen LogP contribution in [0.2, 0.25) is 0 Å². The normalized spacial score (nSPS) is 33.6. The molecular formula is C17H31ClN2O2. The first-order valence-corrected chi connectivity index (χ1v) is 8.89. The van der Waals surface area contributed by atoms with Gasteiger partial charge in [-0.05, 0) is 44.1 Å². The van der Waals surface area contributed by atoms with Gasteiger partial charge in [-0.25, -0.2) is 0 Å². The van der Waals surface area contributed by atoms with Crippen LogP contribution in [0.4, 0.5) is 0 Å². The molecule has 0 aromatic carbocycles. The van der Waals surface area contributed by atoms with Crippen LogP contribution < -0.4 is 10.6 Å². The van der Waals surface area contributed by atoms with Crippen LogP contribution >= 0.6 is 12.4 Å². The van der Waals surface area contributed by atoms with Crippen LogP contribution in [0.25, 0.3) is 0 Å². The minimum Gasteiger partial charge on any atom is -0.391 e. The van der Waals surface area contributed by atoms with E-state index in [-0.39, 0.29) is 29.8 Å². The first-order valence-electron chi connectivity index (χ1n) is 8.89. The van der Waals surface area contributed by atoms with Gasteiger partial charge in [0.1, 0.15) is 0 Å². The molecule has 1 aliphatic heterocycles. The number of fused-ring (bicyclic) bond motifs is 1. The first-order chi connectivity index (χ1) is 10.2. The van der Waals surface area contributed by atoms with E-state index in [1.807, 2.05) is 0 Å². The fourth-order valence-corrected chi connectivity index (χ4v) is 4.75. The molecule has 0 spiro atoms.